The highest BCUT2D eigenvalue weighted by Gasteiger charge is 2.24. The third kappa shape index (κ3) is 3.13. The molecule has 5 nitrogen and oxygen atoms in total. The van der Waals surface area contributed by atoms with Crippen molar-refractivity contribution in [1.29, 1.82) is 0 Å². The minimum absolute atomic E-state index is 0.00813. The molecule has 2 aromatic rings. The summed E-state index contributed by atoms with van der Waals surface area (Å²) < 4.78 is 5.13. The fourth-order valence-electron chi connectivity index (χ4n) is 1.63. The van der Waals surface area contributed by atoms with Crippen LogP contribution in [0.2, 0.25) is 5.15 Å². The number of pyridine rings is 1. The highest BCUT2D eigenvalue weighted by molar-refractivity contribution is 6.32. The van der Waals surface area contributed by atoms with Crippen molar-refractivity contribution in [1.82, 2.24) is 4.98 Å². The summed E-state index contributed by atoms with van der Waals surface area (Å²) in [7, 11) is 0. The standard InChI is InChI=1S/C14H11ClN2O3/c15-12-10(7-4-8-17-12)14(19)20-11(13(16)18)9-5-2-1-3-6-9/h1-8,11H,(H2,16,18)/t11-/m1/s1. The van der Waals surface area contributed by atoms with Crippen LogP contribution in [0, 0.1) is 0 Å². The highest BCUT2D eigenvalue weighted by Crippen LogP contribution is 2.21. The molecule has 102 valence electrons. The number of hydrogen-bond donors (Lipinski definition) is 1. The Morgan fingerprint density at radius 1 is 1.15 bits per heavy atom. The molecule has 0 saturated heterocycles. The van der Waals surface area contributed by atoms with Crippen LogP contribution in [0.5, 0.6) is 0 Å². The molecule has 0 aliphatic heterocycles. The molecule has 0 aliphatic rings. The molecule has 1 atom stereocenters. The zero-order chi connectivity index (χ0) is 14.5. The summed E-state index contributed by atoms with van der Waals surface area (Å²) in [6, 6.07) is 11.5. The topological polar surface area (TPSA) is 82.3 Å². The van der Waals surface area contributed by atoms with E-state index in [1.165, 1.54) is 12.3 Å². The van der Waals surface area contributed by atoms with E-state index in [1.54, 1.807) is 36.4 Å². The van der Waals surface area contributed by atoms with Crippen molar-refractivity contribution in [2.45, 2.75) is 6.10 Å². The van der Waals surface area contributed by atoms with Crippen molar-refractivity contribution >= 4 is 23.5 Å². The van der Waals surface area contributed by atoms with E-state index in [-0.39, 0.29) is 10.7 Å². The summed E-state index contributed by atoms with van der Waals surface area (Å²) in [5, 5.41) is 0.00813. The number of carbonyl (C=O) groups excluding carboxylic acids is 2. The first-order valence-electron chi connectivity index (χ1n) is 5.75. The Balaban J connectivity index is 2.24. The van der Waals surface area contributed by atoms with E-state index in [9.17, 15) is 9.59 Å². The smallest absolute Gasteiger partial charge is 0.342 e. The first kappa shape index (κ1) is 14.0. The number of benzene rings is 1. The lowest BCUT2D eigenvalue weighted by molar-refractivity contribution is -0.127. The normalized spacial score (nSPS) is 11.7. The van der Waals surface area contributed by atoms with Gasteiger partial charge in [-0.05, 0) is 12.1 Å². The molecule has 0 unspecified atom stereocenters. The average molecular weight is 291 g/mol. The molecule has 0 spiro atoms. The first-order valence-corrected chi connectivity index (χ1v) is 6.13. The van der Waals surface area contributed by atoms with Gasteiger partial charge in [-0.25, -0.2) is 9.78 Å². The molecular formula is C14H11ClN2O3. The molecular weight excluding hydrogens is 280 g/mol. The van der Waals surface area contributed by atoms with Gasteiger partial charge in [0.2, 0.25) is 6.10 Å². The molecule has 0 bridgehead atoms. The number of carbonyl (C=O) groups is 2. The van der Waals surface area contributed by atoms with Gasteiger partial charge in [-0.3, -0.25) is 4.79 Å². The third-order valence-electron chi connectivity index (χ3n) is 2.56. The van der Waals surface area contributed by atoms with E-state index in [2.05, 4.69) is 4.98 Å². The number of rotatable bonds is 4. The highest BCUT2D eigenvalue weighted by atomic mass is 35.5. The SMILES string of the molecule is NC(=O)[C@H](OC(=O)c1cccnc1Cl)c1ccccc1. The number of hydrogen-bond acceptors (Lipinski definition) is 4. The van der Waals surface area contributed by atoms with Gasteiger partial charge >= 0.3 is 5.97 Å². The Kier molecular flexibility index (Phi) is 4.32. The van der Waals surface area contributed by atoms with Gasteiger partial charge < -0.3 is 10.5 Å². The molecule has 6 heteroatoms. The van der Waals surface area contributed by atoms with Gasteiger partial charge in [-0.15, -0.1) is 0 Å². The van der Waals surface area contributed by atoms with Gasteiger partial charge in [-0.2, -0.15) is 0 Å². The summed E-state index contributed by atoms with van der Waals surface area (Å²) in [4.78, 5) is 27.2. The van der Waals surface area contributed by atoms with Crippen molar-refractivity contribution in [3.63, 3.8) is 0 Å². The van der Waals surface area contributed by atoms with Gasteiger partial charge in [0.25, 0.3) is 5.91 Å². The number of aromatic nitrogens is 1. The first-order chi connectivity index (χ1) is 9.59. The predicted octanol–water partition coefficient (Wildman–Crippen LogP) is 2.12. The molecule has 2 rings (SSSR count). The van der Waals surface area contributed by atoms with Gasteiger partial charge in [0, 0.05) is 11.8 Å². The van der Waals surface area contributed by atoms with E-state index in [4.69, 9.17) is 22.1 Å². The predicted molar refractivity (Wildman–Crippen MR) is 73.0 cm³/mol. The summed E-state index contributed by atoms with van der Waals surface area (Å²) in [6.07, 6.45) is 0.280. The maximum atomic E-state index is 12.0. The summed E-state index contributed by atoms with van der Waals surface area (Å²) in [5.74, 6) is -1.51. The van der Waals surface area contributed by atoms with Crippen LogP contribution in [0.4, 0.5) is 0 Å². The largest absolute Gasteiger partial charge is 0.444 e. The monoisotopic (exact) mass is 290 g/mol. The number of nitrogens with two attached hydrogens (primary N) is 1. The Labute approximate surface area is 120 Å². The second kappa shape index (κ2) is 6.16. The van der Waals surface area contributed by atoms with Gasteiger partial charge in [0.1, 0.15) is 5.15 Å². The molecule has 1 heterocycles. The van der Waals surface area contributed by atoms with E-state index >= 15 is 0 Å². The average Bonchev–Trinajstić information content (AvgIpc) is 2.45. The molecule has 0 fully saturated rings. The second-order valence-corrected chi connectivity index (χ2v) is 4.30. The van der Waals surface area contributed by atoms with E-state index in [0.717, 1.165) is 0 Å². The zero-order valence-electron chi connectivity index (χ0n) is 10.3. The molecule has 0 radical (unpaired) electrons. The maximum absolute atomic E-state index is 12.0. The lowest BCUT2D eigenvalue weighted by Gasteiger charge is -2.15. The molecule has 1 aromatic heterocycles. The van der Waals surface area contributed by atoms with E-state index in [0.29, 0.717) is 5.56 Å². The lowest BCUT2D eigenvalue weighted by atomic mass is 10.1. The van der Waals surface area contributed by atoms with Crippen molar-refractivity contribution in [3.8, 4) is 0 Å². The molecule has 1 amide bonds. The Hall–Kier alpha value is -2.40. The Bertz CT molecular complexity index is 631. The number of ether oxygens (including phenoxy) is 1. The number of halogens is 1. The molecule has 20 heavy (non-hydrogen) atoms. The second-order valence-electron chi connectivity index (χ2n) is 3.94. The van der Waals surface area contributed by atoms with E-state index < -0.39 is 18.0 Å². The number of amides is 1. The quantitative estimate of drug-likeness (QED) is 0.690. The van der Waals surface area contributed by atoms with Crippen LogP contribution in [0.25, 0.3) is 0 Å². The molecule has 2 N–H and O–H groups in total. The minimum atomic E-state index is -1.17. The fourth-order valence-corrected chi connectivity index (χ4v) is 1.82. The third-order valence-corrected chi connectivity index (χ3v) is 2.87. The summed E-state index contributed by atoms with van der Waals surface area (Å²) >= 11 is 5.80. The van der Waals surface area contributed by atoms with Gasteiger partial charge in [0.15, 0.2) is 0 Å². The molecule has 0 saturated carbocycles. The molecule has 1 aromatic carbocycles. The van der Waals surface area contributed by atoms with Crippen LogP contribution in [0.3, 0.4) is 0 Å². The van der Waals surface area contributed by atoms with Crippen molar-refractivity contribution < 1.29 is 14.3 Å². The van der Waals surface area contributed by atoms with Crippen molar-refractivity contribution in [3.05, 3.63) is 64.9 Å². The summed E-state index contributed by atoms with van der Waals surface area (Å²) in [5.41, 5.74) is 5.84. The Morgan fingerprint density at radius 3 is 2.45 bits per heavy atom. The van der Waals surface area contributed by atoms with Crippen LogP contribution in [-0.2, 0) is 9.53 Å². The zero-order valence-corrected chi connectivity index (χ0v) is 11.1. The number of nitrogens with zero attached hydrogens (tertiary/aromatic N) is 1. The Morgan fingerprint density at radius 2 is 1.85 bits per heavy atom. The van der Waals surface area contributed by atoms with Crippen LogP contribution in [-0.4, -0.2) is 16.9 Å². The number of esters is 1. The van der Waals surface area contributed by atoms with Crippen LogP contribution in [0.1, 0.15) is 22.0 Å². The number of primary amides is 1. The van der Waals surface area contributed by atoms with Crippen molar-refractivity contribution in [2.24, 2.45) is 5.73 Å². The van der Waals surface area contributed by atoms with Crippen molar-refractivity contribution in [2.75, 3.05) is 0 Å². The summed E-state index contributed by atoms with van der Waals surface area (Å²) in [6.45, 7) is 0. The minimum Gasteiger partial charge on any atom is -0.444 e. The van der Waals surface area contributed by atoms with E-state index in [1.807, 2.05) is 0 Å². The fraction of sp³-hybridized carbons (Fsp3) is 0.0714. The van der Waals surface area contributed by atoms with Crippen LogP contribution >= 0.6 is 11.6 Å². The maximum Gasteiger partial charge on any atom is 0.342 e. The molecule has 0 aliphatic carbocycles. The van der Waals surface area contributed by atoms with Gasteiger partial charge in [0.05, 0.1) is 5.56 Å². The van der Waals surface area contributed by atoms with Crippen LogP contribution in [0.15, 0.2) is 48.7 Å². The van der Waals surface area contributed by atoms with Crippen LogP contribution < -0.4 is 5.73 Å². The van der Waals surface area contributed by atoms with Gasteiger partial charge in [-0.1, -0.05) is 41.9 Å². The lowest BCUT2D eigenvalue weighted by Crippen LogP contribution is -2.26.